The predicted octanol–water partition coefficient (Wildman–Crippen LogP) is 6.96. The average Bonchev–Trinajstić information content (AvgIpc) is 2.73. The lowest BCUT2D eigenvalue weighted by Gasteiger charge is -2.32. The molecule has 0 atom stereocenters. The van der Waals surface area contributed by atoms with Gasteiger partial charge in [0.2, 0.25) is 0 Å². The maximum Gasteiger partial charge on any atom is 0.132 e. The average molecular weight is 638 g/mol. The van der Waals surface area contributed by atoms with Crippen LogP contribution in [-0.4, -0.2) is 20.9 Å². The second-order valence-electron chi connectivity index (χ2n) is 7.36. The third-order valence-electron chi connectivity index (χ3n) is 5.05. The van der Waals surface area contributed by atoms with E-state index in [0.717, 1.165) is 69.7 Å². The fourth-order valence-corrected chi connectivity index (χ4v) is 4.17. The summed E-state index contributed by atoms with van der Waals surface area (Å²) < 4.78 is 2.87. The largest absolute Gasteiger partial charge is 0.385 e. The standard InChI is InChI=1S/C11H14BrNO.C6H10O.C5H3BrIN/c12-10-5-4-9(8-13-10)11(14)6-2-1-3-7-11;7-6-4-2-1-3-5-6;6-5-2-1-4(7)3-8-5/h4-5,8,14H,1-3,6-7H2;1-5H2;1-3H. The Morgan fingerprint density at radius 3 is 1.79 bits per heavy atom. The number of nitrogens with zero attached hydrogens (tertiary/aromatic N) is 2. The number of pyridine rings is 2. The second-order valence-corrected chi connectivity index (χ2v) is 10.2. The normalized spacial score (nSPS) is 18.0. The molecule has 0 unspecified atom stereocenters. The van der Waals surface area contributed by atoms with Crippen LogP contribution < -0.4 is 0 Å². The number of carbonyl (C=O) groups excluding carboxylic acids is 1. The van der Waals surface area contributed by atoms with Crippen molar-refractivity contribution in [3.05, 3.63) is 55.0 Å². The lowest BCUT2D eigenvalue weighted by atomic mass is 9.80. The van der Waals surface area contributed by atoms with E-state index in [2.05, 4.69) is 64.4 Å². The van der Waals surface area contributed by atoms with Gasteiger partial charge in [-0.3, -0.25) is 4.79 Å². The number of carbonyl (C=O) groups is 1. The van der Waals surface area contributed by atoms with Crippen molar-refractivity contribution in [3.8, 4) is 0 Å². The molecule has 2 saturated carbocycles. The van der Waals surface area contributed by atoms with Crippen LogP contribution in [0, 0.1) is 3.57 Å². The third-order valence-corrected chi connectivity index (χ3v) is 6.62. The van der Waals surface area contributed by atoms with Crippen LogP contribution in [0.1, 0.15) is 69.8 Å². The van der Waals surface area contributed by atoms with E-state index in [9.17, 15) is 9.90 Å². The minimum Gasteiger partial charge on any atom is -0.385 e. The van der Waals surface area contributed by atoms with Crippen molar-refractivity contribution in [2.24, 2.45) is 0 Å². The number of halogens is 3. The van der Waals surface area contributed by atoms with Crippen molar-refractivity contribution < 1.29 is 9.90 Å². The van der Waals surface area contributed by atoms with Crippen molar-refractivity contribution in [1.82, 2.24) is 9.97 Å². The Balaban J connectivity index is 0.000000170. The van der Waals surface area contributed by atoms with Crippen LogP contribution in [-0.2, 0) is 10.4 Å². The topological polar surface area (TPSA) is 63.1 Å². The van der Waals surface area contributed by atoms with E-state index in [-0.39, 0.29) is 0 Å². The van der Waals surface area contributed by atoms with Gasteiger partial charge in [0.15, 0.2) is 0 Å². The van der Waals surface area contributed by atoms with Crippen molar-refractivity contribution >= 4 is 60.2 Å². The van der Waals surface area contributed by atoms with Crippen LogP contribution in [0.3, 0.4) is 0 Å². The van der Waals surface area contributed by atoms with Crippen LogP contribution in [0.15, 0.2) is 45.9 Å². The van der Waals surface area contributed by atoms with Crippen LogP contribution in [0.25, 0.3) is 0 Å². The van der Waals surface area contributed by atoms with Gasteiger partial charge in [-0.2, -0.15) is 0 Å². The third kappa shape index (κ3) is 9.53. The molecule has 0 radical (unpaired) electrons. The summed E-state index contributed by atoms with van der Waals surface area (Å²) in [6.45, 7) is 0. The van der Waals surface area contributed by atoms with Gasteiger partial charge < -0.3 is 5.11 Å². The van der Waals surface area contributed by atoms with Gasteiger partial charge in [-0.05, 0) is 98.3 Å². The van der Waals surface area contributed by atoms with E-state index in [1.165, 1.54) is 12.8 Å². The lowest BCUT2D eigenvalue weighted by molar-refractivity contribution is -0.120. The number of rotatable bonds is 1. The quantitative estimate of drug-likeness (QED) is 0.271. The van der Waals surface area contributed by atoms with Gasteiger partial charge in [0.05, 0.1) is 5.60 Å². The van der Waals surface area contributed by atoms with Gasteiger partial charge in [0, 0.05) is 34.4 Å². The van der Waals surface area contributed by atoms with Crippen LogP contribution in [0.5, 0.6) is 0 Å². The van der Waals surface area contributed by atoms with Gasteiger partial charge in [-0.1, -0.05) is 31.7 Å². The van der Waals surface area contributed by atoms with E-state index < -0.39 is 5.60 Å². The smallest absolute Gasteiger partial charge is 0.132 e. The molecule has 7 heteroatoms. The molecule has 0 amide bonds. The summed E-state index contributed by atoms with van der Waals surface area (Å²) in [5, 5.41) is 10.4. The van der Waals surface area contributed by atoms with Crippen LogP contribution >= 0.6 is 54.5 Å². The molecule has 2 fully saturated rings. The zero-order valence-corrected chi connectivity index (χ0v) is 21.7. The SMILES string of the molecule is Brc1ccc(I)cn1.O=C1CCCCC1.OC1(c2ccc(Br)nc2)CCCCC1. The summed E-state index contributed by atoms with van der Waals surface area (Å²) in [4.78, 5) is 18.6. The molecule has 2 aliphatic carbocycles. The number of aliphatic hydroxyl groups is 1. The molecule has 2 heterocycles. The highest BCUT2D eigenvalue weighted by molar-refractivity contribution is 14.1. The Labute approximate surface area is 203 Å². The number of hydrogen-bond donors (Lipinski definition) is 1. The number of aromatic nitrogens is 2. The highest BCUT2D eigenvalue weighted by Gasteiger charge is 2.31. The molecular weight excluding hydrogens is 611 g/mol. The van der Waals surface area contributed by atoms with Gasteiger partial charge in [-0.25, -0.2) is 9.97 Å². The molecule has 158 valence electrons. The molecule has 0 bridgehead atoms. The first-order valence-electron chi connectivity index (χ1n) is 10.0. The van der Waals surface area contributed by atoms with Gasteiger partial charge in [-0.15, -0.1) is 0 Å². The molecule has 29 heavy (non-hydrogen) atoms. The van der Waals surface area contributed by atoms with Crippen molar-refractivity contribution in [3.63, 3.8) is 0 Å². The fraction of sp³-hybridized carbons (Fsp3) is 0.500. The van der Waals surface area contributed by atoms with E-state index in [1.807, 2.05) is 30.5 Å². The molecule has 0 aliphatic heterocycles. The van der Waals surface area contributed by atoms with Crippen molar-refractivity contribution in [2.45, 2.75) is 69.8 Å². The van der Waals surface area contributed by atoms with Gasteiger partial charge in [0.25, 0.3) is 0 Å². The molecule has 2 aromatic heterocycles. The minimum absolute atomic E-state index is 0.464. The van der Waals surface area contributed by atoms with Gasteiger partial charge >= 0.3 is 0 Å². The molecule has 0 saturated heterocycles. The maximum absolute atomic E-state index is 10.5. The number of hydrogen-bond acceptors (Lipinski definition) is 4. The summed E-state index contributed by atoms with van der Waals surface area (Å²) in [7, 11) is 0. The minimum atomic E-state index is -0.619. The highest BCUT2D eigenvalue weighted by Crippen LogP contribution is 2.36. The molecule has 4 rings (SSSR count). The molecule has 0 spiro atoms. The highest BCUT2D eigenvalue weighted by atomic mass is 127. The molecule has 0 aromatic carbocycles. The van der Waals surface area contributed by atoms with E-state index in [4.69, 9.17) is 0 Å². The van der Waals surface area contributed by atoms with Crippen molar-refractivity contribution in [1.29, 1.82) is 0 Å². The predicted molar refractivity (Wildman–Crippen MR) is 132 cm³/mol. The zero-order chi connectivity index (χ0) is 21.1. The van der Waals surface area contributed by atoms with Crippen LogP contribution in [0.4, 0.5) is 0 Å². The van der Waals surface area contributed by atoms with E-state index in [1.54, 1.807) is 6.20 Å². The Bertz CT molecular complexity index is 719. The Kier molecular flexibility index (Phi) is 11.3. The summed E-state index contributed by atoms with van der Waals surface area (Å²) in [6.07, 6.45) is 14.0. The van der Waals surface area contributed by atoms with E-state index in [0.29, 0.717) is 5.78 Å². The Morgan fingerprint density at radius 1 is 0.828 bits per heavy atom. The second kappa shape index (κ2) is 13.1. The summed E-state index contributed by atoms with van der Waals surface area (Å²) in [5.41, 5.74) is 0.340. The lowest BCUT2D eigenvalue weighted by Crippen LogP contribution is -2.28. The summed E-state index contributed by atoms with van der Waals surface area (Å²) in [5.74, 6) is 0.464. The zero-order valence-electron chi connectivity index (χ0n) is 16.4. The Hall–Kier alpha value is -0.380. The monoisotopic (exact) mass is 636 g/mol. The first-order valence-corrected chi connectivity index (χ1v) is 12.7. The molecule has 1 N–H and O–H groups in total. The summed E-state index contributed by atoms with van der Waals surface area (Å²) in [6, 6.07) is 7.77. The van der Waals surface area contributed by atoms with E-state index >= 15 is 0 Å². The molecule has 2 aromatic rings. The van der Waals surface area contributed by atoms with Crippen molar-refractivity contribution in [2.75, 3.05) is 0 Å². The van der Waals surface area contributed by atoms with Gasteiger partial charge in [0.1, 0.15) is 15.0 Å². The number of ketones is 1. The summed E-state index contributed by atoms with van der Waals surface area (Å²) >= 11 is 8.74. The molecule has 4 nitrogen and oxygen atoms in total. The van der Waals surface area contributed by atoms with Crippen LogP contribution in [0.2, 0.25) is 0 Å². The molecular formula is C22H27Br2IN2O2. The fourth-order valence-electron chi connectivity index (χ4n) is 3.38. The maximum atomic E-state index is 10.5. The molecule has 2 aliphatic rings. The first kappa shape index (κ1) is 24.9. The Morgan fingerprint density at radius 2 is 1.38 bits per heavy atom. The number of Topliss-reactive ketones (excluding diaryl/α,β-unsaturated/α-hetero) is 1. The first-order chi connectivity index (χ1) is 13.9.